The number of nitrogens with zero attached hydrogens (tertiary/aromatic N) is 4. The second kappa shape index (κ2) is 7.11. The van der Waals surface area contributed by atoms with E-state index in [9.17, 15) is 27.9 Å². The minimum atomic E-state index is -4.46. The molecule has 0 bridgehead atoms. The molecule has 2 aromatic rings. The molecule has 29 heavy (non-hydrogen) atoms. The first kappa shape index (κ1) is 19.8. The molecule has 1 aliphatic carbocycles. The van der Waals surface area contributed by atoms with Gasteiger partial charge in [-0.05, 0) is 19.3 Å². The average molecular weight is 413 g/mol. The Morgan fingerprint density at radius 3 is 2.76 bits per heavy atom. The van der Waals surface area contributed by atoms with Gasteiger partial charge in [-0.3, -0.25) is 0 Å². The predicted molar refractivity (Wildman–Crippen MR) is 92.7 cm³/mol. The summed E-state index contributed by atoms with van der Waals surface area (Å²) in [5.74, 6) is -0.890. The van der Waals surface area contributed by atoms with Gasteiger partial charge >= 0.3 is 6.18 Å². The van der Waals surface area contributed by atoms with Gasteiger partial charge in [0, 0.05) is 12.0 Å². The Labute approximate surface area is 163 Å². The fourth-order valence-corrected chi connectivity index (χ4v) is 4.21. The first-order valence-electron chi connectivity index (χ1n) is 9.31. The first-order valence-corrected chi connectivity index (χ1v) is 9.31. The number of fused-ring (bicyclic) bond motifs is 1. The van der Waals surface area contributed by atoms with Gasteiger partial charge in [-0.15, -0.1) is 5.10 Å². The molecule has 0 aromatic carbocycles. The van der Waals surface area contributed by atoms with Crippen LogP contribution in [0.25, 0.3) is 5.52 Å². The van der Waals surface area contributed by atoms with Crippen molar-refractivity contribution in [3.63, 3.8) is 0 Å². The number of nitriles is 1. The van der Waals surface area contributed by atoms with Crippen LogP contribution < -0.4 is 5.32 Å². The van der Waals surface area contributed by atoms with Crippen molar-refractivity contribution in [1.82, 2.24) is 14.6 Å². The molecular formula is C18H19F4N5O2. The molecule has 3 heterocycles. The molecule has 1 aliphatic heterocycles. The number of aliphatic hydroxyl groups excluding tert-OH is 1. The standard InChI is InChI=1S/C18H19F4N5O2/c19-14-10(6-23)15(17(3-1-4-17)9-18(20,21)22)27-12(14)7-24-16(26-27)25-11-2-5-29-8-13(11)28/h7,11,13,28H,1-5,8-9H2,(H,25,26)/t11-,13-/m1/s1. The molecule has 0 radical (unpaired) electrons. The van der Waals surface area contributed by atoms with Crippen LogP contribution in [0.5, 0.6) is 0 Å². The van der Waals surface area contributed by atoms with E-state index in [1.807, 2.05) is 0 Å². The maximum atomic E-state index is 14.8. The largest absolute Gasteiger partial charge is 0.390 e. The van der Waals surface area contributed by atoms with Crippen LogP contribution in [0, 0.1) is 17.1 Å². The number of nitrogens with one attached hydrogen (secondary N) is 1. The second-order valence-corrected chi connectivity index (χ2v) is 7.64. The molecule has 1 saturated carbocycles. The van der Waals surface area contributed by atoms with E-state index in [0.717, 1.165) is 10.7 Å². The van der Waals surface area contributed by atoms with Crippen molar-refractivity contribution in [1.29, 1.82) is 5.26 Å². The Bertz CT molecular complexity index is 964. The summed E-state index contributed by atoms with van der Waals surface area (Å²) in [6.45, 7) is 0.560. The molecule has 2 fully saturated rings. The first-order chi connectivity index (χ1) is 13.7. The molecule has 2 aromatic heterocycles. The van der Waals surface area contributed by atoms with E-state index in [1.165, 1.54) is 0 Å². The molecule has 2 aliphatic rings. The monoisotopic (exact) mass is 413 g/mol. The lowest BCUT2D eigenvalue weighted by Gasteiger charge is -2.42. The Kier molecular flexibility index (Phi) is 4.86. The van der Waals surface area contributed by atoms with E-state index < -0.39 is 41.5 Å². The summed E-state index contributed by atoms with van der Waals surface area (Å²) in [6.07, 6.45) is -3.85. The zero-order valence-corrected chi connectivity index (χ0v) is 15.3. The van der Waals surface area contributed by atoms with E-state index in [1.54, 1.807) is 6.07 Å². The maximum Gasteiger partial charge on any atom is 0.390 e. The fraction of sp³-hybridized carbons (Fsp3) is 0.611. The Hall–Kier alpha value is -2.45. The number of alkyl halides is 3. The molecular weight excluding hydrogens is 394 g/mol. The van der Waals surface area contributed by atoms with Crippen molar-refractivity contribution in [3.05, 3.63) is 23.3 Å². The molecule has 0 amide bonds. The van der Waals surface area contributed by atoms with Crippen LogP contribution in [0.1, 0.15) is 43.4 Å². The van der Waals surface area contributed by atoms with E-state index in [-0.39, 0.29) is 36.6 Å². The number of anilines is 1. The highest BCUT2D eigenvalue weighted by molar-refractivity contribution is 5.60. The number of hydrogen-bond acceptors (Lipinski definition) is 6. The van der Waals surface area contributed by atoms with Gasteiger partial charge in [0.2, 0.25) is 5.95 Å². The molecule has 0 unspecified atom stereocenters. The van der Waals surface area contributed by atoms with Gasteiger partial charge in [0.1, 0.15) is 17.1 Å². The van der Waals surface area contributed by atoms with E-state index in [0.29, 0.717) is 19.4 Å². The molecule has 0 spiro atoms. The van der Waals surface area contributed by atoms with Crippen molar-refractivity contribution in [3.8, 4) is 6.07 Å². The Morgan fingerprint density at radius 1 is 1.41 bits per heavy atom. The van der Waals surface area contributed by atoms with E-state index in [4.69, 9.17) is 4.74 Å². The summed E-state index contributed by atoms with van der Waals surface area (Å²) in [7, 11) is 0. The molecule has 4 rings (SSSR count). The summed E-state index contributed by atoms with van der Waals surface area (Å²) in [5.41, 5.74) is -2.02. The van der Waals surface area contributed by atoms with Crippen LogP contribution >= 0.6 is 0 Å². The van der Waals surface area contributed by atoms with E-state index >= 15 is 0 Å². The minimum absolute atomic E-state index is 0.0330. The van der Waals surface area contributed by atoms with Crippen molar-refractivity contribution in [2.75, 3.05) is 18.5 Å². The normalized spacial score (nSPS) is 24.1. The van der Waals surface area contributed by atoms with Crippen molar-refractivity contribution >= 4 is 11.5 Å². The van der Waals surface area contributed by atoms with Gasteiger partial charge < -0.3 is 15.2 Å². The highest BCUT2D eigenvalue weighted by Gasteiger charge is 2.51. The van der Waals surface area contributed by atoms with Gasteiger partial charge in [-0.1, -0.05) is 6.42 Å². The minimum Gasteiger partial charge on any atom is -0.389 e. The van der Waals surface area contributed by atoms with E-state index in [2.05, 4.69) is 15.4 Å². The zero-order valence-electron chi connectivity index (χ0n) is 15.3. The third-order valence-corrected chi connectivity index (χ3v) is 5.73. The maximum absolute atomic E-state index is 14.8. The summed E-state index contributed by atoms with van der Waals surface area (Å²) in [4.78, 5) is 4.02. The van der Waals surface area contributed by atoms with Crippen molar-refractivity contribution < 1.29 is 27.4 Å². The van der Waals surface area contributed by atoms with Gasteiger partial charge in [0.05, 0.1) is 37.1 Å². The third kappa shape index (κ3) is 3.51. The molecule has 11 heteroatoms. The summed E-state index contributed by atoms with van der Waals surface area (Å²) in [6, 6.07) is 1.30. The average Bonchev–Trinajstić information content (AvgIpc) is 2.91. The lowest BCUT2D eigenvalue weighted by atomic mass is 9.63. The van der Waals surface area contributed by atoms with Gasteiger partial charge in [0.25, 0.3) is 0 Å². The quantitative estimate of drug-likeness (QED) is 0.749. The van der Waals surface area contributed by atoms with Crippen LogP contribution in [-0.2, 0) is 10.2 Å². The van der Waals surface area contributed by atoms with Crippen LogP contribution in [-0.4, -0.2) is 51.2 Å². The van der Waals surface area contributed by atoms with Crippen LogP contribution in [0.2, 0.25) is 0 Å². The lowest BCUT2D eigenvalue weighted by Crippen LogP contribution is -2.42. The molecule has 1 saturated heterocycles. The summed E-state index contributed by atoms with van der Waals surface area (Å²) >= 11 is 0. The van der Waals surface area contributed by atoms with Crippen LogP contribution in [0.15, 0.2) is 6.20 Å². The van der Waals surface area contributed by atoms with Gasteiger partial charge in [-0.2, -0.15) is 18.4 Å². The molecule has 2 N–H and O–H groups in total. The number of aromatic nitrogens is 3. The zero-order chi connectivity index (χ0) is 20.8. The number of hydrogen-bond donors (Lipinski definition) is 2. The lowest BCUT2D eigenvalue weighted by molar-refractivity contribution is -0.156. The SMILES string of the molecule is N#Cc1c(F)c2cnc(N[C@@H]3CCOC[C@H]3O)nn2c1C1(CC(F)(F)F)CCC1. The Balaban J connectivity index is 1.79. The van der Waals surface area contributed by atoms with Crippen molar-refractivity contribution in [2.45, 2.75) is 55.8 Å². The fourth-order valence-electron chi connectivity index (χ4n) is 4.21. The Morgan fingerprint density at radius 2 is 2.17 bits per heavy atom. The third-order valence-electron chi connectivity index (χ3n) is 5.73. The van der Waals surface area contributed by atoms with Crippen LogP contribution in [0.3, 0.4) is 0 Å². The number of ether oxygens (including phenoxy) is 1. The van der Waals surface area contributed by atoms with Crippen molar-refractivity contribution in [2.24, 2.45) is 0 Å². The topological polar surface area (TPSA) is 95.5 Å². The van der Waals surface area contributed by atoms with Crippen LogP contribution in [0.4, 0.5) is 23.5 Å². The summed E-state index contributed by atoms with van der Waals surface area (Å²) < 4.78 is 60.8. The molecule has 7 nitrogen and oxygen atoms in total. The molecule has 156 valence electrons. The highest BCUT2D eigenvalue weighted by atomic mass is 19.4. The molecule has 2 atom stereocenters. The number of rotatable bonds is 4. The smallest absolute Gasteiger partial charge is 0.389 e. The second-order valence-electron chi connectivity index (χ2n) is 7.64. The number of halogens is 4. The summed E-state index contributed by atoms with van der Waals surface area (Å²) in [5, 5.41) is 26.6. The number of aliphatic hydroxyl groups is 1. The highest BCUT2D eigenvalue weighted by Crippen LogP contribution is 2.52. The van der Waals surface area contributed by atoms with Gasteiger partial charge in [0.15, 0.2) is 5.82 Å². The predicted octanol–water partition coefficient (Wildman–Crippen LogP) is 2.68. The van der Waals surface area contributed by atoms with Gasteiger partial charge in [-0.25, -0.2) is 13.9 Å².